The van der Waals surface area contributed by atoms with E-state index in [1.165, 1.54) is 12.8 Å². The van der Waals surface area contributed by atoms with Crippen molar-refractivity contribution in [3.8, 4) is 0 Å². The average molecular weight is 282 g/mol. The summed E-state index contributed by atoms with van der Waals surface area (Å²) in [5.41, 5.74) is 0. The highest BCUT2D eigenvalue weighted by atomic mass is 16.4. The van der Waals surface area contributed by atoms with Gasteiger partial charge in [0.2, 0.25) is 0 Å². The van der Waals surface area contributed by atoms with Crippen molar-refractivity contribution in [2.75, 3.05) is 19.6 Å². The van der Waals surface area contributed by atoms with Gasteiger partial charge in [0, 0.05) is 12.6 Å². The molecule has 1 saturated carbocycles. The number of aliphatic carboxylic acids is 1. The molecule has 5 atom stereocenters. The summed E-state index contributed by atoms with van der Waals surface area (Å²) in [6.07, 6.45) is 6.14. The molecule has 3 rings (SSSR count). The number of piperidine rings is 2. The maximum absolute atomic E-state index is 11.1. The van der Waals surface area contributed by atoms with Crippen LogP contribution in [-0.4, -0.2) is 58.9 Å². The van der Waals surface area contributed by atoms with Gasteiger partial charge in [0.15, 0.2) is 0 Å². The van der Waals surface area contributed by atoms with Crippen molar-refractivity contribution >= 4 is 5.97 Å². The molecule has 0 aromatic heterocycles. The molecular formula is C15H26N2O3. The summed E-state index contributed by atoms with van der Waals surface area (Å²) in [6.45, 7) is 2.76. The number of hydrogen-bond acceptors (Lipinski definition) is 4. The Hall–Kier alpha value is -0.650. The summed E-state index contributed by atoms with van der Waals surface area (Å²) in [5, 5.41) is 22.2. The molecule has 0 aromatic carbocycles. The van der Waals surface area contributed by atoms with Gasteiger partial charge in [0.1, 0.15) is 6.04 Å². The Balaban J connectivity index is 1.59. The van der Waals surface area contributed by atoms with Gasteiger partial charge in [-0.25, -0.2) is 0 Å². The molecule has 3 N–H and O–H groups in total. The fourth-order valence-electron chi connectivity index (χ4n) is 4.37. The molecule has 0 spiro atoms. The molecule has 2 saturated heterocycles. The normalized spacial score (nSPS) is 43.0. The summed E-state index contributed by atoms with van der Waals surface area (Å²) >= 11 is 0. The highest BCUT2D eigenvalue weighted by Crippen LogP contribution is 2.38. The molecule has 2 heterocycles. The minimum Gasteiger partial charge on any atom is -0.480 e. The van der Waals surface area contributed by atoms with Crippen LogP contribution in [0.4, 0.5) is 0 Å². The van der Waals surface area contributed by atoms with Crippen molar-refractivity contribution in [2.45, 2.75) is 56.7 Å². The Kier molecular flexibility index (Phi) is 4.29. The first-order valence-corrected chi connectivity index (χ1v) is 8.02. The third kappa shape index (κ3) is 3.00. The zero-order chi connectivity index (χ0) is 14.1. The average Bonchev–Trinajstić information content (AvgIpc) is 2.46. The first kappa shape index (κ1) is 14.3. The largest absolute Gasteiger partial charge is 0.480 e. The summed E-state index contributed by atoms with van der Waals surface area (Å²) in [6, 6.07) is 0.195. The van der Waals surface area contributed by atoms with Crippen LogP contribution in [0.5, 0.6) is 0 Å². The van der Waals surface area contributed by atoms with Gasteiger partial charge in [-0.2, -0.15) is 0 Å². The quantitative estimate of drug-likeness (QED) is 0.694. The Bertz CT molecular complexity index is 363. The Morgan fingerprint density at radius 3 is 2.75 bits per heavy atom. The molecular weight excluding hydrogens is 256 g/mol. The highest BCUT2D eigenvalue weighted by Gasteiger charge is 2.39. The van der Waals surface area contributed by atoms with Crippen LogP contribution in [0.3, 0.4) is 0 Å². The van der Waals surface area contributed by atoms with Gasteiger partial charge in [-0.1, -0.05) is 0 Å². The number of carboxylic acid groups (broad SMARTS) is 1. The second-order valence-electron chi connectivity index (χ2n) is 6.81. The van der Waals surface area contributed by atoms with E-state index < -0.39 is 5.97 Å². The molecule has 1 aliphatic carbocycles. The summed E-state index contributed by atoms with van der Waals surface area (Å²) in [7, 11) is 0. The summed E-state index contributed by atoms with van der Waals surface area (Å²) in [5.74, 6) is 0.478. The van der Waals surface area contributed by atoms with E-state index in [4.69, 9.17) is 0 Å². The SMILES string of the molecule is O=C(O)C1CC2CC(N3CCCC(O)C3)CCC2CN1. The smallest absolute Gasteiger partial charge is 0.320 e. The van der Waals surface area contributed by atoms with Gasteiger partial charge in [-0.05, 0) is 63.5 Å². The molecule has 3 aliphatic rings. The fraction of sp³-hybridized carbons (Fsp3) is 0.933. The van der Waals surface area contributed by atoms with Crippen molar-refractivity contribution in [3.05, 3.63) is 0 Å². The lowest BCUT2D eigenvalue weighted by molar-refractivity contribution is -0.141. The van der Waals surface area contributed by atoms with Crippen LogP contribution >= 0.6 is 0 Å². The Morgan fingerprint density at radius 1 is 1.15 bits per heavy atom. The van der Waals surface area contributed by atoms with Crippen molar-refractivity contribution in [1.82, 2.24) is 10.2 Å². The van der Waals surface area contributed by atoms with E-state index >= 15 is 0 Å². The highest BCUT2D eigenvalue weighted by molar-refractivity contribution is 5.73. The Labute approximate surface area is 120 Å². The molecule has 5 nitrogen and oxygen atoms in total. The number of likely N-dealkylation sites (tertiary alicyclic amines) is 1. The number of aliphatic hydroxyl groups is 1. The van der Waals surface area contributed by atoms with E-state index in [0.29, 0.717) is 17.9 Å². The van der Waals surface area contributed by atoms with Crippen LogP contribution in [-0.2, 0) is 4.79 Å². The topological polar surface area (TPSA) is 72.8 Å². The molecule has 0 aromatic rings. The molecule has 3 fully saturated rings. The molecule has 0 amide bonds. The third-order valence-corrected chi connectivity index (χ3v) is 5.52. The third-order valence-electron chi connectivity index (χ3n) is 5.52. The molecule has 114 valence electrons. The molecule has 0 radical (unpaired) electrons. The first-order valence-electron chi connectivity index (χ1n) is 8.02. The van der Waals surface area contributed by atoms with Crippen LogP contribution in [0.15, 0.2) is 0 Å². The molecule has 5 heteroatoms. The lowest BCUT2D eigenvalue weighted by atomic mass is 9.71. The second-order valence-corrected chi connectivity index (χ2v) is 6.81. The molecule has 5 unspecified atom stereocenters. The number of nitrogens with one attached hydrogen (secondary N) is 1. The number of rotatable bonds is 2. The van der Waals surface area contributed by atoms with Gasteiger partial charge in [-0.15, -0.1) is 0 Å². The van der Waals surface area contributed by atoms with E-state index in [0.717, 1.165) is 45.3 Å². The summed E-state index contributed by atoms with van der Waals surface area (Å²) < 4.78 is 0. The van der Waals surface area contributed by atoms with Crippen molar-refractivity contribution in [1.29, 1.82) is 0 Å². The van der Waals surface area contributed by atoms with E-state index in [2.05, 4.69) is 10.2 Å². The van der Waals surface area contributed by atoms with E-state index in [1.54, 1.807) is 0 Å². The number of β-amino-alcohol motifs (C(OH)–C–C–N with tert-alkyl or cyclic N) is 1. The van der Waals surface area contributed by atoms with Gasteiger partial charge in [0.05, 0.1) is 6.10 Å². The predicted molar refractivity (Wildman–Crippen MR) is 75.5 cm³/mol. The van der Waals surface area contributed by atoms with E-state index in [-0.39, 0.29) is 12.1 Å². The van der Waals surface area contributed by atoms with Crippen molar-refractivity contribution < 1.29 is 15.0 Å². The van der Waals surface area contributed by atoms with Crippen molar-refractivity contribution in [2.24, 2.45) is 11.8 Å². The zero-order valence-corrected chi connectivity index (χ0v) is 12.0. The van der Waals surface area contributed by atoms with Crippen LogP contribution in [0, 0.1) is 11.8 Å². The maximum atomic E-state index is 11.1. The maximum Gasteiger partial charge on any atom is 0.320 e. The van der Waals surface area contributed by atoms with Gasteiger partial charge in [-0.3, -0.25) is 9.69 Å². The van der Waals surface area contributed by atoms with Gasteiger partial charge in [0.25, 0.3) is 0 Å². The zero-order valence-electron chi connectivity index (χ0n) is 12.0. The van der Waals surface area contributed by atoms with Gasteiger partial charge >= 0.3 is 5.97 Å². The number of carboxylic acids is 1. The number of nitrogens with zero attached hydrogens (tertiary/aromatic N) is 1. The lowest BCUT2D eigenvalue weighted by Gasteiger charge is -2.46. The summed E-state index contributed by atoms with van der Waals surface area (Å²) in [4.78, 5) is 13.6. The predicted octanol–water partition coefficient (Wildman–Crippen LogP) is 0.674. The van der Waals surface area contributed by atoms with E-state index in [1.807, 2.05) is 0 Å². The lowest BCUT2D eigenvalue weighted by Crippen LogP contribution is -2.53. The minimum atomic E-state index is -0.709. The number of hydrogen-bond donors (Lipinski definition) is 3. The number of carbonyl (C=O) groups is 1. The fourth-order valence-corrected chi connectivity index (χ4v) is 4.37. The molecule has 0 bridgehead atoms. The van der Waals surface area contributed by atoms with Crippen LogP contribution in [0.2, 0.25) is 0 Å². The monoisotopic (exact) mass is 282 g/mol. The minimum absolute atomic E-state index is 0.165. The standard InChI is InChI=1S/C15H26N2O3/c18-13-2-1-5-17(9-13)12-4-3-10-8-16-14(15(19)20)7-11(10)6-12/h10-14,16,18H,1-9H2,(H,19,20). The Morgan fingerprint density at radius 2 is 2.00 bits per heavy atom. The van der Waals surface area contributed by atoms with Gasteiger partial charge < -0.3 is 15.5 Å². The van der Waals surface area contributed by atoms with Crippen molar-refractivity contribution in [3.63, 3.8) is 0 Å². The second kappa shape index (κ2) is 6.00. The van der Waals surface area contributed by atoms with Crippen LogP contribution in [0.1, 0.15) is 38.5 Å². The van der Waals surface area contributed by atoms with Crippen LogP contribution in [0.25, 0.3) is 0 Å². The number of fused-ring (bicyclic) bond motifs is 1. The first-order chi connectivity index (χ1) is 9.63. The number of aliphatic hydroxyl groups excluding tert-OH is 1. The van der Waals surface area contributed by atoms with E-state index in [9.17, 15) is 15.0 Å². The molecule has 2 aliphatic heterocycles. The molecule has 20 heavy (non-hydrogen) atoms. The van der Waals surface area contributed by atoms with Crippen LogP contribution < -0.4 is 5.32 Å².